The van der Waals surface area contributed by atoms with Crippen molar-refractivity contribution in [1.29, 1.82) is 0 Å². The van der Waals surface area contributed by atoms with Gasteiger partial charge in [-0.25, -0.2) is 4.98 Å². The minimum Gasteiger partial charge on any atom is -0.385 e. The number of nitrogens with zero attached hydrogens (tertiary/aromatic N) is 3. The van der Waals surface area contributed by atoms with E-state index >= 15 is 0 Å². The monoisotopic (exact) mass is 480 g/mol. The van der Waals surface area contributed by atoms with E-state index in [1.54, 1.807) is 11.7 Å². The van der Waals surface area contributed by atoms with Gasteiger partial charge in [-0.05, 0) is 49.4 Å². The molecule has 1 saturated heterocycles. The Labute approximate surface area is 204 Å². The Kier molecular flexibility index (Phi) is 8.60. The summed E-state index contributed by atoms with van der Waals surface area (Å²) < 4.78 is 6.71. The summed E-state index contributed by atoms with van der Waals surface area (Å²) in [4.78, 5) is 33.1. The van der Waals surface area contributed by atoms with E-state index < -0.39 is 0 Å². The number of carbonyl (C=O) groups excluding carboxylic acids is 1. The highest BCUT2D eigenvalue weighted by Gasteiger charge is 2.17. The second-order valence-corrected chi connectivity index (χ2v) is 9.45. The van der Waals surface area contributed by atoms with E-state index in [9.17, 15) is 9.59 Å². The van der Waals surface area contributed by atoms with Crippen LogP contribution in [0.5, 0.6) is 0 Å². The summed E-state index contributed by atoms with van der Waals surface area (Å²) in [7, 11) is 1.64. The highest BCUT2D eigenvalue weighted by molar-refractivity contribution is 7.99. The number of nitrogens with one attached hydrogen (secondary N) is 1. The van der Waals surface area contributed by atoms with E-state index in [0.29, 0.717) is 35.8 Å². The summed E-state index contributed by atoms with van der Waals surface area (Å²) in [5.74, 6) is 0.119. The van der Waals surface area contributed by atoms with E-state index in [1.807, 2.05) is 42.5 Å². The summed E-state index contributed by atoms with van der Waals surface area (Å²) >= 11 is 1.30. The fourth-order valence-corrected chi connectivity index (χ4v) is 5.01. The Morgan fingerprint density at radius 2 is 1.91 bits per heavy atom. The van der Waals surface area contributed by atoms with E-state index in [2.05, 4.69) is 16.3 Å². The summed E-state index contributed by atoms with van der Waals surface area (Å²) in [6, 6.07) is 15.8. The molecule has 1 aliphatic rings. The summed E-state index contributed by atoms with van der Waals surface area (Å²) in [6.45, 7) is 3.62. The average Bonchev–Trinajstić information content (AvgIpc) is 2.88. The van der Waals surface area contributed by atoms with Crippen LogP contribution in [-0.2, 0) is 16.1 Å². The molecule has 0 radical (unpaired) electrons. The number of hydrogen-bond acceptors (Lipinski definition) is 6. The minimum absolute atomic E-state index is 0.0734. The van der Waals surface area contributed by atoms with Gasteiger partial charge in [-0.2, -0.15) is 0 Å². The summed E-state index contributed by atoms with van der Waals surface area (Å²) in [5.41, 5.74) is 2.69. The molecule has 0 spiro atoms. The first-order valence-electron chi connectivity index (χ1n) is 11.9. The molecule has 0 unspecified atom stereocenters. The van der Waals surface area contributed by atoms with Crippen LogP contribution in [0.1, 0.15) is 31.2 Å². The number of hydrogen-bond donors (Lipinski definition) is 1. The number of ether oxygens (including phenoxy) is 1. The SMILES string of the molecule is COCCCNC(=O)CSc1nc2ccc(N3CCCCC3)cc2c(=O)n1Cc1ccccc1. The molecule has 1 aromatic heterocycles. The van der Waals surface area contributed by atoms with Gasteiger partial charge in [-0.1, -0.05) is 42.1 Å². The van der Waals surface area contributed by atoms with Crippen LogP contribution in [-0.4, -0.2) is 54.6 Å². The Bertz CT molecular complexity index is 1160. The lowest BCUT2D eigenvalue weighted by atomic mass is 10.1. The van der Waals surface area contributed by atoms with Crippen molar-refractivity contribution in [2.45, 2.75) is 37.4 Å². The van der Waals surface area contributed by atoms with Gasteiger partial charge in [0.25, 0.3) is 5.56 Å². The molecule has 2 aromatic carbocycles. The maximum Gasteiger partial charge on any atom is 0.262 e. The highest BCUT2D eigenvalue weighted by Crippen LogP contribution is 2.25. The smallest absolute Gasteiger partial charge is 0.262 e. The number of carbonyl (C=O) groups is 1. The first-order chi connectivity index (χ1) is 16.7. The van der Waals surface area contributed by atoms with Gasteiger partial charge >= 0.3 is 0 Å². The molecule has 1 aliphatic heterocycles. The van der Waals surface area contributed by atoms with Crippen molar-refractivity contribution in [3.63, 3.8) is 0 Å². The van der Waals surface area contributed by atoms with Crippen LogP contribution in [0.2, 0.25) is 0 Å². The number of fused-ring (bicyclic) bond motifs is 1. The molecular formula is C26H32N4O3S. The molecule has 3 aromatic rings. The zero-order valence-electron chi connectivity index (χ0n) is 19.7. The van der Waals surface area contributed by atoms with Gasteiger partial charge in [-0.3, -0.25) is 14.2 Å². The fraction of sp³-hybridized carbons (Fsp3) is 0.423. The first-order valence-corrected chi connectivity index (χ1v) is 12.9. The van der Waals surface area contributed by atoms with Crippen molar-refractivity contribution in [2.75, 3.05) is 44.0 Å². The van der Waals surface area contributed by atoms with Crippen LogP contribution in [0.3, 0.4) is 0 Å². The predicted molar refractivity (Wildman–Crippen MR) is 138 cm³/mol. The van der Waals surface area contributed by atoms with Gasteiger partial charge in [0.15, 0.2) is 5.16 Å². The molecule has 8 heteroatoms. The molecule has 7 nitrogen and oxygen atoms in total. The molecule has 1 fully saturated rings. The summed E-state index contributed by atoms with van der Waals surface area (Å²) in [5, 5.41) is 4.06. The largest absolute Gasteiger partial charge is 0.385 e. The Hall–Kier alpha value is -2.84. The van der Waals surface area contributed by atoms with Crippen LogP contribution in [0, 0.1) is 0 Å². The Morgan fingerprint density at radius 1 is 1.12 bits per heavy atom. The number of anilines is 1. The number of rotatable bonds is 10. The number of amides is 1. The molecular weight excluding hydrogens is 448 g/mol. The number of piperidine rings is 1. The molecule has 2 heterocycles. The van der Waals surface area contributed by atoms with Crippen LogP contribution >= 0.6 is 11.8 Å². The highest BCUT2D eigenvalue weighted by atomic mass is 32.2. The molecule has 4 rings (SSSR count). The minimum atomic E-state index is -0.0813. The third-order valence-corrected chi connectivity index (χ3v) is 6.96. The number of methoxy groups -OCH3 is 1. The third-order valence-electron chi connectivity index (χ3n) is 5.99. The van der Waals surface area contributed by atoms with Crippen LogP contribution < -0.4 is 15.8 Å². The second-order valence-electron chi connectivity index (χ2n) is 8.51. The maximum absolute atomic E-state index is 13.7. The topological polar surface area (TPSA) is 76.5 Å². The molecule has 0 aliphatic carbocycles. The molecule has 0 atom stereocenters. The fourth-order valence-electron chi connectivity index (χ4n) is 4.18. The summed E-state index contributed by atoms with van der Waals surface area (Å²) in [6.07, 6.45) is 4.38. The van der Waals surface area contributed by atoms with E-state index in [4.69, 9.17) is 9.72 Å². The molecule has 180 valence electrons. The van der Waals surface area contributed by atoms with E-state index in [1.165, 1.54) is 31.0 Å². The van der Waals surface area contributed by atoms with Crippen LogP contribution in [0.4, 0.5) is 5.69 Å². The Balaban J connectivity index is 1.62. The number of aromatic nitrogens is 2. The van der Waals surface area contributed by atoms with E-state index in [0.717, 1.165) is 30.8 Å². The van der Waals surface area contributed by atoms with Gasteiger partial charge < -0.3 is 15.0 Å². The lowest BCUT2D eigenvalue weighted by molar-refractivity contribution is -0.118. The van der Waals surface area contributed by atoms with Crippen molar-refractivity contribution in [1.82, 2.24) is 14.9 Å². The van der Waals surface area contributed by atoms with Crippen molar-refractivity contribution in [2.24, 2.45) is 0 Å². The van der Waals surface area contributed by atoms with Gasteiger partial charge in [0.05, 0.1) is 23.2 Å². The van der Waals surface area contributed by atoms with Crippen molar-refractivity contribution < 1.29 is 9.53 Å². The third kappa shape index (κ3) is 6.18. The lowest BCUT2D eigenvalue weighted by Crippen LogP contribution is -2.30. The first kappa shape index (κ1) is 24.3. The number of thioether (sulfide) groups is 1. The average molecular weight is 481 g/mol. The van der Waals surface area contributed by atoms with E-state index in [-0.39, 0.29) is 17.2 Å². The quantitative estimate of drug-likeness (QED) is 0.271. The Morgan fingerprint density at radius 3 is 2.68 bits per heavy atom. The molecule has 1 N–H and O–H groups in total. The van der Waals surface area contributed by atoms with Gasteiger partial charge in [0.1, 0.15) is 0 Å². The van der Waals surface area contributed by atoms with Gasteiger partial charge in [0.2, 0.25) is 5.91 Å². The van der Waals surface area contributed by atoms with Gasteiger partial charge in [-0.15, -0.1) is 0 Å². The number of benzene rings is 2. The molecule has 34 heavy (non-hydrogen) atoms. The van der Waals surface area contributed by atoms with Crippen LogP contribution in [0.15, 0.2) is 58.5 Å². The van der Waals surface area contributed by atoms with Crippen molar-refractivity contribution in [3.8, 4) is 0 Å². The zero-order valence-corrected chi connectivity index (χ0v) is 20.5. The molecule has 0 saturated carbocycles. The van der Waals surface area contributed by atoms with Crippen LogP contribution in [0.25, 0.3) is 10.9 Å². The van der Waals surface area contributed by atoms with Gasteiger partial charge in [0, 0.05) is 39.0 Å². The normalized spacial score (nSPS) is 13.9. The van der Waals surface area contributed by atoms with Crippen molar-refractivity contribution >= 4 is 34.3 Å². The predicted octanol–water partition coefficient (Wildman–Crippen LogP) is 3.68. The van der Waals surface area contributed by atoms with Crippen molar-refractivity contribution in [3.05, 3.63) is 64.4 Å². The lowest BCUT2D eigenvalue weighted by Gasteiger charge is -2.29. The standard InChI is InChI=1S/C26H32N4O3S/c1-33-16-8-13-27-24(31)19-34-26-28-23-12-11-21(29-14-6-3-7-15-29)17-22(23)25(32)30(26)18-20-9-4-2-5-10-20/h2,4-5,9-12,17H,3,6-8,13-16,18-19H2,1H3,(H,27,31). The molecule has 1 amide bonds. The second kappa shape index (κ2) is 12.0. The maximum atomic E-state index is 13.7. The zero-order chi connectivity index (χ0) is 23.8. The molecule has 0 bridgehead atoms.